The van der Waals surface area contributed by atoms with Gasteiger partial charge in [0.05, 0.1) is 16.1 Å². The Labute approximate surface area is 85.3 Å². The second-order valence-electron chi connectivity index (χ2n) is 2.81. The highest BCUT2D eigenvalue weighted by Crippen LogP contribution is 2.15. The Morgan fingerprint density at radius 2 is 2.31 bits per heavy atom. The summed E-state index contributed by atoms with van der Waals surface area (Å²) < 4.78 is 5.67. The van der Waals surface area contributed by atoms with Gasteiger partial charge in [-0.3, -0.25) is 4.98 Å². The van der Waals surface area contributed by atoms with Crippen LogP contribution >= 0.6 is 15.9 Å². The molecular weight excluding hydrogens is 234 g/mol. The molecule has 0 bridgehead atoms. The molecule has 0 aliphatic carbocycles. The van der Waals surface area contributed by atoms with Crippen LogP contribution in [-0.4, -0.2) is 17.1 Å². The van der Waals surface area contributed by atoms with Crippen LogP contribution < -0.4 is 0 Å². The SMILES string of the molecule is CC(C)OC(=O)c1ccncc1Br. The molecule has 70 valence electrons. The molecule has 1 rings (SSSR count). The molecule has 0 aromatic carbocycles. The lowest BCUT2D eigenvalue weighted by Gasteiger charge is -2.08. The average molecular weight is 244 g/mol. The van der Waals surface area contributed by atoms with E-state index < -0.39 is 0 Å². The maximum absolute atomic E-state index is 11.4. The fourth-order valence-corrected chi connectivity index (χ4v) is 1.23. The Morgan fingerprint density at radius 1 is 1.62 bits per heavy atom. The number of esters is 1. The molecule has 0 radical (unpaired) electrons. The third-order valence-corrected chi connectivity index (χ3v) is 1.97. The molecule has 0 saturated carbocycles. The molecule has 0 saturated heterocycles. The van der Waals surface area contributed by atoms with Crippen molar-refractivity contribution in [3.63, 3.8) is 0 Å². The van der Waals surface area contributed by atoms with E-state index >= 15 is 0 Å². The maximum atomic E-state index is 11.4. The van der Waals surface area contributed by atoms with Crippen LogP contribution in [0.3, 0.4) is 0 Å². The van der Waals surface area contributed by atoms with E-state index in [1.54, 1.807) is 18.5 Å². The summed E-state index contributed by atoms with van der Waals surface area (Å²) in [6.45, 7) is 3.62. The maximum Gasteiger partial charge on any atom is 0.339 e. The zero-order valence-corrected chi connectivity index (χ0v) is 9.04. The normalized spacial score (nSPS) is 10.2. The molecule has 0 N–H and O–H groups in total. The summed E-state index contributed by atoms with van der Waals surface area (Å²) >= 11 is 3.22. The van der Waals surface area contributed by atoms with Gasteiger partial charge in [0.15, 0.2) is 0 Å². The Kier molecular flexibility index (Phi) is 3.42. The van der Waals surface area contributed by atoms with Crippen molar-refractivity contribution in [2.24, 2.45) is 0 Å². The van der Waals surface area contributed by atoms with Crippen LogP contribution in [0.5, 0.6) is 0 Å². The first-order valence-electron chi connectivity index (χ1n) is 3.91. The predicted octanol–water partition coefficient (Wildman–Crippen LogP) is 2.41. The smallest absolute Gasteiger partial charge is 0.339 e. The minimum Gasteiger partial charge on any atom is -0.459 e. The summed E-state index contributed by atoms with van der Waals surface area (Å²) in [6.07, 6.45) is 3.02. The first-order valence-corrected chi connectivity index (χ1v) is 4.71. The second kappa shape index (κ2) is 4.37. The van der Waals surface area contributed by atoms with E-state index in [-0.39, 0.29) is 12.1 Å². The number of hydrogen-bond donors (Lipinski definition) is 0. The third-order valence-electron chi connectivity index (χ3n) is 1.34. The molecular formula is C9H10BrNO2. The lowest BCUT2D eigenvalue weighted by Crippen LogP contribution is -2.12. The third kappa shape index (κ3) is 2.81. The number of carbonyl (C=O) groups is 1. The predicted molar refractivity (Wildman–Crippen MR) is 52.5 cm³/mol. The summed E-state index contributed by atoms with van der Waals surface area (Å²) in [7, 11) is 0. The highest BCUT2D eigenvalue weighted by atomic mass is 79.9. The molecule has 1 aromatic rings. The van der Waals surface area contributed by atoms with E-state index in [9.17, 15) is 4.79 Å². The van der Waals surface area contributed by atoms with Crippen LogP contribution in [0, 0.1) is 0 Å². The topological polar surface area (TPSA) is 39.2 Å². The van der Waals surface area contributed by atoms with E-state index in [1.165, 1.54) is 0 Å². The van der Waals surface area contributed by atoms with Gasteiger partial charge < -0.3 is 4.74 Å². The average Bonchev–Trinajstić information content (AvgIpc) is 2.03. The second-order valence-corrected chi connectivity index (χ2v) is 3.66. The number of aromatic nitrogens is 1. The van der Waals surface area contributed by atoms with Crippen molar-refractivity contribution in [2.75, 3.05) is 0 Å². The number of hydrogen-bond acceptors (Lipinski definition) is 3. The fourth-order valence-electron chi connectivity index (χ4n) is 0.818. The lowest BCUT2D eigenvalue weighted by atomic mass is 10.3. The molecule has 0 aliphatic rings. The number of nitrogens with zero attached hydrogens (tertiary/aromatic N) is 1. The molecule has 1 heterocycles. The highest BCUT2D eigenvalue weighted by Gasteiger charge is 2.11. The number of halogens is 1. The summed E-state index contributed by atoms with van der Waals surface area (Å²) in [5.41, 5.74) is 0.503. The van der Waals surface area contributed by atoms with Crippen LogP contribution in [0.25, 0.3) is 0 Å². The van der Waals surface area contributed by atoms with Gasteiger partial charge in [0.25, 0.3) is 0 Å². The zero-order chi connectivity index (χ0) is 9.84. The van der Waals surface area contributed by atoms with Gasteiger partial charge in [-0.1, -0.05) is 0 Å². The van der Waals surface area contributed by atoms with Crippen molar-refractivity contribution >= 4 is 21.9 Å². The van der Waals surface area contributed by atoms with Crippen molar-refractivity contribution in [1.82, 2.24) is 4.98 Å². The van der Waals surface area contributed by atoms with Gasteiger partial charge in [-0.15, -0.1) is 0 Å². The van der Waals surface area contributed by atoms with Gasteiger partial charge in [-0.2, -0.15) is 0 Å². The number of carbonyl (C=O) groups excluding carboxylic acids is 1. The first-order chi connectivity index (χ1) is 6.11. The molecule has 0 unspecified atom stereocenters. The van der Waals surface area contributed by atoms with Crippen molar-refractivity contribution in [2.45, 2.75) is 20.0 Å². The van der Waals surface area contributed by atoms with Crippen LogP contribution in [0.2, 0.25) is 0 Å². The van der Waals surface area contributed by atoms with E-state index in [0.717, 1.165) is 0 Å². The van der Waals surface area contributed by atoms with E-state index in [1.807, 2.05) is 13.8 Å². The molecule has 13 heavy (non-hydrogen) atoms. The van der Waals surface area contributed by atoms with Crippen LogP contribution in [-0.2, 0) is 4.74 Å². The molecule has 4 heteroatoms. The van der Waals surface area contributed by atoms with Crippen molar-refractivity contribution < 1.29 is 9.53 Å². The number of ether oxygens (including phenoxy) is 1. The zero-order valence-electron chi connectivity index (χ0n) is 7.45. The van der Waals surface area contributed by atoms with E-state index in [0.29, 0.717) is 10.0 Å². The van der Waals surface area contributed by atoms with Crippen molar-refractivity contribution in [1.29, 1.82) is 0 Å². The molecule has 0 amide bonds. The fraction of sp³-hybridized carbons (Fsp3) is 0.333. The van der Waals surface area contributed by atoms with Crippen molar-refractivity contribution in [3.05, 3.63) is 28.5 Å². The summed E-state index contributed by atoms with van der Waals surface area (Å²) in [4.78, 5) is 15.2. The van der Waals surface area contributed by atoms with E-state index in [4.69, 9.17) is 4.74 Å². The summed E-state index contributed by atoms with van der Waals surface area (Å²) in [5.74, 6) is -0.329. The number of rotatable bonds is 2. The highest BCUT2D eigenvalue weighted by molar-refractivity contribution is 9.10. The largest absolute Gasteiger partial charge is 0.459 e. The van der Waals surface area contributed by atoms with Gasteiger partial charge in [0.2, 0.25) is 0 Å². The number of pyridine rings is 1. The first kappa shape index (κ1) is 10.2. The summed E-state index contributed by atoms with van der Waals surface area (Å²) in [6, 6.07) is 1.62. The minimum atomic E-state index is -0.329. The van der Waals surface area contributed by atoms with Gasteiger partial charge in [0, 0.05) is 12.4 Å². The van der Waals surface area contributed by atoms with Gasteiger partial charge >= 0.3 is 5.97 Å². The van der Waals surface area contributed by atoms with Crippen LogP contribution in [0.1, 0.15) is 24.2 Å². The monoisotopic (exact) mass is 243 g/mol. The summed E-state index contributed by atoms with van der Waals surface area (Å²) in [5, 5.41) is 0. The minimum absolute atomic E-state index is 0.104. The van der Waals surface area contributed by atoms with Crippen LogP contribution in [0.15, 0.2) is 22.9 Å². The lowest BCUT2D eigenvalue weighted by molar-refractivity contribution is 0.0376. The molecule has 0 fully saturated rings. The molecule has 1 aromatic heterocycles. The molecule has 0 aliphatic heterocycles. The van der Waals surface area contributed by atoms with Gasteiger partial charge in [-0.05, 0) is 35.8 Å². The molecule has 3 nitrogen and oxygen atoms in total. The van der Waals surface area contributed by atoms with Gasteiger partial charge in [0.1, 0.15) is 0 Å². The Morgan fingerprint density at radius 3 is 2.85 bits per heavy atom. The van der Waals surface area contributed by atoms with E-state index in [2.05, 4.69) is 20.9 Å². The van der Waals surface area contributed by atoms with Gasteiger partial charge in [-0.25, -0.2) is 4.79 Å². The van der Waals surface area contributed by atoms with Crippen molar-refractivity contribution in [3.8, 4) is 0 Å². The molecule has 0 spiro atoms. The quantitative estimate of drug-likeness (QED) is 0.750. The Bertz CT molecular complexity index is 312. The molecule has 0 atom stereocenters. The Balaban J connectivity index is 2.83. The standard InChI is InChI=1S/C9H10BrNO2/c1-6(2)13-9(12)7-3-4-11-5-8(7)10/h3-6H,1-2H3. The van der Waals surface area contributed by atoms with Crippen LogP contribution in [0.4, 0.5) is 0 Å². The Hall–Kier alpha value is -0.900.